The molecule has 2 aliphatic rings. The number of anilines is 1. The largest absolute Gasteiger partial charge is 0.349 e. The number of thiophene rings is 1. The van der Waals surface area contributed by atoms with Gasteiger partial charge in [-0.3, -0.25) is 24.7 Å². The van der Waals surface area contributed by atoms with E-state index >= 15 is 0 Å². The lowest BCUT2D eigenvalue weighted by atomic mass is 9.79. The summed E-state index contributed by atoms with van der Waals surface area (Å²) in [5.74, 6) is 0.355. The van der Waals surface area contributed by atoms with Crippen molar-refractivity contribution in [2.24, 2.45) is 5.92 Å². The van der Waals surface area contributed by atoms with Crippen LogP contribution in [0.1, 0.15) is 29.6 Å². The summed E-state index contributed by atoms with van der Waals surface area (Å²) in [6, 6.07) is 20.5. The number of carbonyl (C=O) groups excluding carboxylic acids is 2. The van der Waals surface area contributed by atoms with Gasteiger partial charge in [-0.25, -0.2) is 9.67 Å². The van der Waals surface area contributed by atoms with Crippen molar-refractivity contribution >= 4 is 45.8 Å². The normalized spacial score (nSPS) is 17.7. The number of nitrogens with zero attached hydrogens (tertiary/aromatic N) is 8. The van der Waals surface area contributed by atoms with Crippen LogP contribution in [0.2, 0.25) is 0 Å². The molecule has 5 heterocycles. The van der Waals surface area contributed by atoms with Crippen molar-refractivity contribution < 1.29 is 14.5 Å². The molecular formula is C35H32N10O4S. The molecule has 2 amide bonds. The molecule has 0 spiro atoms. The minimum atomic E-state index is -0.427. The molecule has 4 aromatic heterocycles. The first-order valence-electron chi connectivity index (χ1n) is 16.4. The van der Waals surface area contributed by atoms with E-state index < -0.39 is 4.92 Å². The average Bonchev–Trinajstić information content (AvgIpc) is 3.87. The molecular weight excluding hydrogens is 657 g/mol. The van der Waals surface area contributed by atoms with Crippen molar-refractivity contribution in [3.63, 3.8) is 0 Å². The number of fused-ring (bicyclic) bond motifs is 1. The molecule has 1 aliphatic heterocycles. The zero-order valence-corrected chi connectivity index (χ0v) is 27.6. The smallest absolute Gasteiger partial charge is 0.271 e. The molecule has 2 fully saturated rings. The van der Waals surface area contributed by atoms with Crippen LogP contribution in [0.25, 0.3) is 37.7 Å². The molecule has 0 unspecified atom stereocenters. The third-order valence-electron chi connectivity index (χ3n) is 9.25. The molecule has 0 atom stereocenters. The van der Waals surface area contributed by atoms with Crippen LogP contribution in [-0.2, 0) is 4.79 Å². The van der Waals surface area contributed by atoms with Gasteiger partial charge in [-0.05, 0) is 49.1 Å². The summed E-state index contributed by atoms with van der Waals surface area (Å²) in [7, 11) is 0. The van der Waals surface area contributed by atoms with Crippen molar-refractivity contribution in [3.8, 4) is 26.7 Å². The van der Waals surface area contributed by atoms with Crippen LogP contribution in [0.15, 0.2) is 85.3 Å². The first-order chi connectivity index (χ1) is 24.4. The summed E-state index contributed by atoms with van der Waals surface area (Å²) in [5, 5.41) is 22.8. The molecule has 2 aromatic carbocycles. The van der Waals surface area contributed by atoms with Gasteiger partial charge in [-0.2, -0.15) is 0 Å². The monoisotopic (exact) mass is 688 g/mol. The predicted octanol–water partition coefficient (Wildman–Crippen LogP) is 5.09. The highest BCUT2D eigenvalue weighted by molar-refractivity contribution is 7.18. The lowest BCUT2D eigenvalue weighted by Gasteiger charge is -2.37. The zero-order chi connectivity index (χ0) is 34.2. The van der Waals surface area contributed by atoms with E-state index in [9.17, 15) is 19.7 Å². The molecule has 0 radical (unpaired) electrons. The fourth-order valence-corrected chi connectivity index (χ4v) is 7.44. The minimum absolute atomic E-state index is 0.00829. The lowest BCUT2D eigenvalue weighted by Crippen LogP contribution is -2.51. The Kier molecular flexibility index (Phi) is 8.24. The second-order valence-electron chi connectivity index (χ2n) is 12.5. The highest BCUT2D eigenvalue weighted by Crippen LogP contribution is 2.34. The Morgan fingerprint density at radius 2 is 1.80 bits per heavy atom. The van der Waals surface area contributed by atoms with Crippen molar-refractivity contribution in [3.05, 3.63) is 101 Å². The van der Waals surface area contributed by atoms with Gasteiger partial charge in [0.1, 0.15) is 5.69 Å². The fourth-order valence-electron chi connectivity index (χ4n) is 6.47. The van der Waals surface area contributed by atoms with Crippen LogP contribution in [0.4, 0.5) is 11.6 Å². The maximum atomic E-state index is 13.4. The number of hydrogen-bond donors (Lipinski definition) is 2. The van der Waals surface area contributed by atoms with E-state index in [0.29, 0.717) is 67.3 Å². The number of non-ortho nitro benzene ring substituents is 1. The van der Waals surface area contributed by atoms with Crippen molar-refractivity contribution in [1.82, 2.24) is 40.2 Å². The number of carbonyl (C=O) groups is 2. The number of nitro benzene ring substituents is 1. The molecule has 8 rings (SSSR count). The van der Waals surface area contributed by atoms with Crippen LogP contribution in [0.5, 0.6) is 0 Å². The number of nitro groups is 1. The highest BCUT2D eigenvalue weighted by Gasteiger charge is 2.38. The van der Waals surface area contributed by atoms with Crippen LogP contribution >= 0.6 is 11.3 Å². The van der Waals surface area contributed by atoms with E-state index in [0.717, 1.165) is 27.4 Å². The van der Waals surface area contributed by atoms with Gasteiger partial charge < -0.3 is 20.1 Å². The number of rotatable bonds is 8. The van der Waals surface area contributed by atoms with E-state index in [2.05, 4.69) is 53.7 Å². The maximum absolute atomic E-state index is 13.4. The third kappa shape index (κ3) is 6.30. The van der Waals surface area contributed by atoms with Gasteiger partial charge in [-0.1, -0.05) is 35.5 Å². The summed E-state index contributed by atoms with van der Waals surface area (Å²) < 4.78 is 1.61. The SMILES string of the molecule is O=C(NC1CC(C(=O)N2CCCN(c3nc4ccc([N+](=O)[O-])cc4[nH]3)CC2)C1)c1cncc(-n2cc(-c3ccc(-c4ccccc4)s3)nn2)c1. The number of imidazole rings is 1. The van der Waals surface area contributed by atoms with Gasteiger partial charge in [0.05, 0.1) is 44.5 Å². The Bertz CT molecular complexity index is 2210. The molecule has 252 valence electrons. The van der Waals surface area contributed by atoms with E-state index in [-0.39, 0.29) is 29.5 Å². The lowest BCUT2D eigenvalue weighted by molar-refractivity contribution is -0.384. The van der Waals surface area contributed by atoms with Gasteiger partial charge in [-0.15, -0.1) is 16.4 Å². The summed E-state index contributed by atoms with van der Waals surface area (Å²) >= 11 is 1.64. The van der Waals surface area contributed by atoms with E-state index in [1.807, 2.05) is 35.4 Å². The highest BCUT2D eigenvalue weighted by atomic mass is 32.1. The number of hydrogen-bond acceptors (Lipinski definition) is 10. The fraction of sp³-hybridized carbons (Fsp3) is 0.257. The molecule has 0 bridgehead atoms. The van der Waals surface area contributed by atoms with Gasteiger partial charge >= 0.3 is 0 Å². The second-order valence-corrected chi connectivity index (χ2v) is 13.6. The number of aromatic nitrogens is 6. The topological polar surface area (TPSA) is 168 Å². The average molecular weight is 689 g/mol. The Morgan fingerprint density at radius 3 is 2.64 bits per heavy atom. The van der Waals surface area contributed by atoms with E-state index in [4.69, 9.17) is 0 Å². The van der Waals surface area contributed by atoms with Crippen LogP contribution in [0, 0.1) is 16.0 Å². The molecule has 50 heavy (non-hydrogen) atoms. The number of H-pyrrole nitrogens is 1. The molecule has 1 saturated heterocycles. The van der Waals surface area contributed by atoms with Gasteiger partial charge in [0.25, 0.3) is 11.6 Å². The zero-order valence-electron chi connectivity index (χ0n) is 26.8. The number of pyridine rings is 1. The molecule has 15 heteroatoms. The van der Waals surface area contributed by atoms with Crippen molar-refractivity contribution in [1.29, 1.82) is 0 Å². The quantitative estimate of drug-likeness (QED) is 0.164. The standard InChI is InChI=1S/C35H32N10O4S/c46-33(24-17-27(20-36-19-24)44-21-30(40-41-44)32-10-9-31(50-32)22-5-2-1-3-6-22)37-25-15-23(16-25)34(47)42-11-4-12-43(14-13-42)35-38-28-8-7-26(45(48)49)18-29(28)39-35/h1-3,5-10,17-21,23,25H,4,11-16H2,(H,37,46)(H,38,39). The summed E-state index contributed by atoms with van der Waals surface area (Å²) in [5.41, 5.74) is 4.19. The maximum Gasteiger partial charge on any atom is 0.271 e. The van der Waals surface area contributed by atoms with Gasteiger partial charge in [0, 0.05) is 61.3 Å². The first-order valence-corrected chi connectivity index (χ1v) is 17.2. The van der Waals surface area contributed by atoms with Gasteiger partial charge in [0.15, 0.2) is 0 Å². The Balaban J connectivity index is 0.842. The molecule has 2 N–H and O–H groups in total. The van der Waals surface area contributed by atoms with Crippen LogP contribution < -0.4 is 10.2 Å². The predicted molar refractivity (Wildman–Crippen MR) is 188 cm³/mol. The minimum Gasteiger partial charge on any atom is -0.349 e. The van der Waals surface area contributed by atoms with Crippen molar-refractivity contribution in [2.75, 3.05) is 31.1 Å². The summed E-state index contributed by atoms with van der Waals surface area (Å²) in [6.45, 7) is 2.49. The van der Waals surface area contributed by atoms with Crippen LogP contribution in [0.3, 0.4) is 0 Å². The Morgan fingerprint density at radius 1 is 0.960 bits per heavy atom. The van der Waals surface area contributed by atoms with E-state index in [1.54, 1.807) is 34.3 Å². The molecule has 14 nitrogen and oxygen atoms in total. The van der Waals surface area contributed by atoms with Crippen molar-refractivity contribution in [2.45, 2.75) is 25.3 Å². The summed E-state index contributed by atoms with van der Waals surface area (Å²) in [6.07, 6.45) is 6.93. The number of nitrogens with one attached hydrogen (secondary N) is 2. The molecule has 6 aromatic rings. The van der Waals surface area contributed by atoms with Gasteiger partial charge in [0.2, 0.25) is 11.9 Å². The van der Waals surface area contributed by atoms with Crippen LogP contribution in [-0.4, -0.2) is 83.8 Å². The summed E-state index contributed by atoms with van der Waals surface area (Å²) in [4.78, 5) is 55.5. The number of aromatic amines is 1. The molecule has 1 saturated carbocycles. The third-order valence-corrected chi connectivity index (χ3v) is 10.4. The molecule has 1 aliphatic carbocycles. The number of benzene rings is 2. The number of amides is 2. The van der Waals surface area contributed by atoms with E-state index in [1.165, 1.54) is 18.3 Å². The second kappa shape index (κ2) is 13.2. The first kappa shape index (κ1) is 31.3. The Hall–Kier alpha value is -5.96. The Labute approximate surface area is 289 Å².